The number of ketones is 1. The number of benzene rings is 3. The molecule has 0 radical (unpaired) electrons. The van der Waals surface area contributed by atoms with Gasteiger partial charge in [-0.15, -0.1) is 0 Å². The molecule has 0 fully saturated rings. The zero-order valence-corrected chi connectivity index (χ0v) is 14.5. The summed E-state index contributed by atoms with van der Waals surface area (Å²) in [6.45, 7) is 0. The van der Waals surface area contributed by atoms with Gasteiger partial charge in [-0.25, -0.2) is 0 Å². The van der Waals surface area contributed by atoms with Gasteiger partial charge in [0.2, 0.25) is 0 Å². The summed E-state index contributed by atoms with van der Waals surface area (Å²) >= 11 is 0. The fourth-order valence-electron chi connectivity index (χ4n) is 2.57. The van der Waals surface area contributed by atoms with Crippen molar-refractivity contribution in [1.82, 2.24) is 0 Å². The van der Waals surface area contributed by atoms with Gasteiger partial charge in [0.15, 0.2) is 5.78 Å². The SMILES string of the molecule is O=C(C(=Cc1ccc([N+](=O)[O-])cc1)/C=C/c1ccccc1)c1ccccc1. The highest BCUT2D eigenvalue weighted by atomic mass is 16.6. The quantitative estimate of drug-likeness (QED) is 0.191. The molecule has 0 atom stereocenters. The number of nitrogens with zero attached hydrogens (tertiary/aromatic N) is 1. The molecule has 4 nitrogen and oxygen atoms in total. The summed E-state index contributed by atoms with van der Waals surface area (Å²) in [5.41, 5.74) is 2.80. The highest BCUT2D eigenvalue weighted by Crippen LogP contribution is 2.18. The number of hydrogen-bond donors (Lipinski definition) is 0. The Hall–Kier alpha value is -3.79. The number of rotatable bonds is 6. The second kappa shape index (κ2) is 8.54. The molecule has 4 heteroatoms. The molecular weight excluding hydrogens is 338 g/mol. The Morgan fingerprint density at radius 2 is 1.37 bits per heavy atom. The van der Waals surface area contributed by atoms with Gasteiger partial charge in [0.25, 0.3) is 5.69 Å². The van der Waals surface area contributed by atoms with E-state index in [0.717, 1.165) is 11.1 Å². The van der Waals surface area contributed by atoms with Crippen LogP contribution in [0.2, 0.25) is 0 Å². The average Bonchev–Trinajstić information content (AvgIpc) is 2.72. The first-order valence-corrected chi connectivity index (χ1v) is 8.42. The van der Waals surface area contributed by atoms with Gasteiger partial charge in [-0.1, -0.05) is 72.8 Å². The number of carbonyl (C=O) groups excluding carboxylic acids is 1. The minimum absolute atomic E-state index is 0.0166. The Kier molecular flexibility index (Phi) is 5.70. The molecule has 0 heterocycles. The van der Waals surface area contributed by atoms with Crippen molar-refractivity contribution in [2.45, 2.75) is 0 Å². The normalized spacial score (nSPS) is 11.5. The molecule has 0 aliphatic rings. The van der Waals surface area contributed by atoms with Gasteiger partial charge < -0.3 is 0 Å². The van der Waals surface area contributed by atoms with Crippen molar-refractivity contribution in [2.75, 3.05) is 0 Å². The first-order valence-electron chi connectivity index (χ1n) is 8.42. The van der Waals surface area contributed by atoms with E-state index in [1.165, 1.54) is 12.1 Å². The van der Waals surface area contributed by atoms with Gasteiger partial charge in [-0.3, -0.25) is 14.9 Å². The molecule has 0 N–H and O–H groups in total. The molecule has 0 bridgehead atoms. The summed E-state index contributed by atoms with van der Waals surface area (Å²) in [7, 11) is 0. The Labute approximate surface area is 157 Å². The molecule has 0 aliphatic heterocycles. The van der Waals surface area contributed by atoms with Crippen LogP contribution in [0.3, 0.4) is 0 Å². The van der Waals surface area contributed by atoms with Crippen LogP contribution in [-0.2, 0) is 0 Å². The highest BCUT2D eigenvalue weighted by molar-refractivity contribution is 6.13. The standard InChI is InChI=1S/C23H17NO3/c25-23(20-9-5-2-6-10-20)21(14-11-18-7-3-1-4-8-18)17-19-12-15-22(16-13-19)24(26)27/h1-17H/b14-11+,21-17?. The number of allylic oxidation sites excluding steroid dienone is 2. The Morgan fingerprint density at radius 3 is 1.96 bits per heavy atom. The van der Waals surface area contributed by atoms with Gasteiger partial charge in [-0.05, 0) is 29.3 Å². The van der Waals surface area contributed by atoms with Gasteiger partial charge in [0, 0.05) is 23.3 Å². The molecule has 3 aromatic carbocycles. The maximum Gasteiger partial charge on any atom is 0.269 e. The lowest BCUT2D eigenvalue weighted by Gasteiger charge is -2.03. The fourth-order valence-corrected chi connectivity index (χ4v) is 2.57. The van der Waals surface area contributed by atoms with Crippen molar-refractivity contribution >= 4 is 23.6 Å². The van der Waals surface area contributed by atoms with E-state index in [4.69, 9.17) is 0 Å². The van der Waals surface area contributed by atoms with Crippen molar-refractivity contribution in [3.05, 3.63) is 123 Å². The number of Topliss-reactive ketones (excluding diaryl/α,β-unsaturated/α-hetero) is 1. The monoisotopic (exact) mass is 355 g/mol. The number of non-ortho nitro benzene ring substituents is 1. The van der Waals surface area contributed by atoms with E-state index < -0.39 is 4.92 Å². The van der Waals surface area contributed by atoms with Gasteiger partial charge >= 0.3 is 0 Å². The van der Waals surface area contributed by atoms with Crippen LogP contribution in [0.15, 0.2) is 96.6 Å². The molecular formula is C23H17NO3. The minimum atomic E-state index is -0.446. The maximum absolute atomic E-state index is 12.9. The highest BCUT2D eigenvalue weighted by Gasteiger charge is 2.10. The summed E-state index contributed by atoms with van der Waals surface area (Å²) in [6, 6.07) is 24.8. The molecule has 0 aromatic heterocycles. The van der Waals surface area contributed by atoms with E-state index in [2.05, 4.69) is 0 Å². The van der Waals surface area contributed by atoms with Crippen LogP contribution in [0.4, 0.5) is 5.69 Å². The predicted molar refractivity (Wildman–Crippen MR) is 107 cm³/mol. The van der Waals surface area contributed by atoms with Crippen LogP contribution in [0, 0.1) is 10.1 Å². The van der Waals surface area contributed by atoms with Crippen molar-refractivity contribution < 1.29 is 9.72 Å². The smallest absolute Gasteiger partial charge is 0.269 e. The van der Waals surface area contributed by atoms with Gasteiger partial charge in [0.1, 0.15) is 0 Å². The molecule has 3 aromatic rings. The number of nitro benzene ring substituents is 1. The van der Waals surface area contributed by atoms with E-state index >= 15 is 0 Å². The zero-order chi connectivity index (χ0) is 19.1. The maximum atomic E-state index is 12.9. The zero-order valence-electron chi connectivity index (χ0n) is 14.5. The van der Waals surface area contributed by atoms with Gasteiger partial charge in [-0.2, -0.15) is 0 Å². The van der Waals surface area contributed by atoms with Crippen LogP contribution < -0.4 is 0 Å². The molecule has 0 spiro atoms. The first kappa shape index (κ1) is 18.0. The molecule has 132 valence electrons. The fraction of sp³-hybridized carbons (Fsp3) is 0. The largest absolute Gasteiger partial charge is 0.289 e. The van der Waals surface area contributed by atoms with Crippen LogP contribution in [-0.4, -0.2) is 10.7 Å². The Balaban J connectivity index is 1.97. The lowest BCUT2D eigenvalue weighted by Crippen LogP contribution is -2.01. The topological polar surface area (TPSA) is 60.2 Å². The van der Waals surface area contributed by atoms with Crippen LogP contribution in [0.25, 0.3) is 12.2 Å². The third-order valence-corrected chi connectivity index (χ3v) is 3.98. The molecule has 0 aliphatic carbocycles. The third-order valence-electron chi connectivity index (χ3n) is 3.98. The number of carbonyl (C=O) groups is 1. The summed E-state index contributed by atoms with van der Waals surface area (Å²) in [4.78, 5) is 23.3. The van der Waals surface area contributed by atoms with Crippen molar-refractivity contribution in [1.29, 1.82) is 0 Å². The summed E-state index contributed by atoms with van der Waals surface area (Å²) in [6.07, 6.45) is 5.38. The lowest BCUT2D eigenvalue weighted by molar-refractivity contribution is -0.384. The van der Waals surface area contributed by atoms with E-state index in [1.807, 2.05) is 54.6 Å². The lowest BCUT2D eigenvalue weighted by atomic mass is 9.99. The van der Waals surface area contributed by atoms with Gasteiger partial charge in [0.05, 0.1) is 4.92 Å². The molecule has 0 amide bonds. The summed E-state index contributed by atoms with van der Waals surface area (Å²) < 4.78 is 0. The van der Waals surface area contributed by atoms with E-state index in [9.17, 15) is 14.9 Å². The summed E-state index contributed by atoms with van der Waals surface area (Å²) in [5.74, 6) is -0.110. The van der Waals surface area contributed by atoms with Crippen LogP contribution >= 0.6 is 0 Å². The average molecular weight is 355 g/mol. The Bertz CT molecular complexity index is 989. The second-order valence-electron chi connectivity index (χ2n) is 5.89. The van der Waals surface area contributed by atoms with Crippen molar-refractivity contribution in [3.8, 4) is 0 Å². The Morgan fingerprint density at radius 1 is 0.778 bits per heavy atom. The molecule has 0 saturated heterocycles. The molecule has 3 rings (SSSR count). The van der Waals surface area contributed by atoms with E-state index in [1.54, 1.807) is 36.4 Å². The second-order valence-corrected chi connectivity index (χ2v) is 5.89. The van der Waals surface area contributed by atoms with Crippen molar-refractivity contribution in [3.63, 3.8) is 0 Å². The molecule has 27 heavy (non-hydrogen) atoms. The number of hydrogen-bond acceptors (Lipinski definition) is 3. The van der Waals surface area contributed by atoms with E-state index in [0.29, 0.717) is 11.1 Å². The predicted octanol–water partition coefficient (Wildman–Crippen LogP) is 5.57. The molecule has 0 unspecified atom stereocenters. The van der Waals surface area contributed by atoms with E-state index in [-0.39, 0.29) is 11.5 Å². The van der Waals surface area contributed by atoms with Crippen LogP contribution in [0.5, 0.6) is 0 Å². The van der Waals surface area contributed by atoms with Crippen LogP contribution in [0.1, 0.15) is 21.5 Å². The number of nitro groups is 1. The summed E-state index contributed by atoms with van der Waals surface area (Å²) in [5, 5.41) is 10.8. The minimum Gasteiger partial charge on any atom is -0.289 e. The van der Waals surface area contributed by atoms with Crippen molar-refractivity contribution in [2.24, 2.45) is 0 Å². The third kappa shape index (κ3) is 4.86. The molecule has 0 saturated carbocycles. The first-order chi connectivity index (χ1) is 13.1.